The summed E-state index contributed by atoms with van der Waals surface area (Å²) in [6.07, 6.45) is 7.17. The van der Waals surface area contributed by atoms with Crippen molar-refractivity contribution >= 4 is 0 Å². The molecule has 0 amide bonds. The average molecular weight is 253 g/mol. The summed E-state index contributed by atoms with van der Waals surface area (Å²) in [6, 6.07) is 1.53. The molecule has 1 N–H and O–H groups in total. The topological polar surface area (TPSA) is 18.5 Å². The van der Waals surface area contributed by atoms with Crippen molar-refractivity contribution in [2.45, 2.75) is 51.1 Å². The minimum Gasteiger partial charge on any atom is -0.314 e. The summed E-state index contributed by atoms with van der Waals surface area (Å²) >= 11 is 0. The SMILES string of the molecule is CC(CC(C1CCCC1)N(C)C)N1CCNCC1. The molecule has 2 aliphatic rings. The fraction of sp³-hybridized carbons (Fsp3) is 1.00. The molecule has 2 fully saturated rings. The van der Waals surface area contributed by atoms with E-state index in [4.69, 9.17) is 0 Å². The molecule has 1 saturated carbocycles. The number of nitrogens with zero attached hydrogens (tertiary/aromatic N) is 2. The van der Waals surface area contributed by atoms with Crippen LogP contribution in [0.4, 0.5) is 0 Å². The Balaban J connectivity index is 1.86. The van der Waals surface area contributed by atoms with E-state index in [0.717, 1.165) is 18.0 Å². The fourth-order valence-electron chi connectivity index (χ4n) is 3.79. The summed E-state index contributed by atoms with van der Waals surface area (Å²) < 4.78 is 0. The van der Waals surface area contributed by atoms with Crippen molar-refractivity contribution in [2.24, 2.45) is 5.92 Å². The van der Waals surface area contributed by atoms with Crippen LogP contribution in [0.3, 0.4) is 0 Å². The van der Waals surface area contributed by atoms with Crippen molar-refractivity contribution in [3.05, 3.63) is 0 Å². The first-order chi connectivity index (χ1) is 8.68. The van der Waals surface area contributed by atoms with Gasteiger partial charge in [0, 0.05) is 38.3 Å². The van der Waals surface area contributed by atoms with Gasteiger partial charge in [-0.2, -0.15) is 0 Å². The highest BCUT2D eigenvalue weighted by Gasteiger charge is 2.29. The fourth-order valence-corrected chi connectivity index (χ4v) is 3.79. The molecule has 1 heterocycles. The Hall–Kier alpha value is -0.120. The molecular formula is C15H31N3. The third kappa shape index (κ3) is 3.69. The molecule has 1 aliphatic heterocycles. The number of nitrogens with one attached hydrogen (secondary N) is 1. The zero-order chi connectivity index (χ0) is 13.0. The van der Waals surface area contributed by atoms with Gasteiger partial charge >= 0.3 is 0 Å². The molecule has 2 rings (SSSR count). The molecule has 3 nitrogen and oxygen atoms in total. The second kappa shape index (κ2) is 6.88. The summed E-state index contributed by atoms with van der Waals surface area (Å²) in [5.74, 6) is 0.949. The molecule has 0 bridgehead atoms. The van der Waals surface area contributed by atoms with Gasteiger partial charge in [-0.1, -0.05) is 12.8 Å². The van der Waals surface area contributed by atoms with E-state index < -0.39 is 0 Å². The van der Waals surface area contributed by atoms with Gasteiger partial charge in [0.25, 0.3) is 0 Å². The lowest BCUT2D eigenvalue weighted by atomic mass is 9.91. The van der Waals surface area contributed by atoms with Crippen LogP contribution in [0.25, 0.3) is 0 Å². The molecule has 1 aliphatic carbocycles. The zero-order valence-electron chi connectivity index (χ0n) is 12.5. The summed E-state index contributed by atoms with van der Waals surface area (Å²) in [5.41, 5.74) is 0. The Morgan fingerprint density at radius 3 is 2.33 bits per heavy atom. The van der Waals surface area contributed by atoms with E-state index in [2.05, 4.69) is 36.1 Å². The Bertz CT molecular complexity index is 230. The molecule has 0 aromatic rings. The number of hydrogen-bond acceptors (Lipinski definition) is 3. The highest BCUT2D eigenvalue weighted by Crippen LogP contribution is 2.32. The van der Waals surface area contributed by atoms with Crippen LogP contribution >= 0.6 is 0 Å². The Morgan fingerprint density at radius 1 is 1.17 bits per heavy atom. The van der Waals surface area contributed by atoms with Crippen molar-refractivity contribution in [3.8, 4) is 0 Å². The van der Waals surface area contributed by atoms with Crippen molar-refractivity contribution in [1.29, 1.82) is 0 Å². The van der Waals surface area contributed by atoms with Gasteiger partial charge in [-0.15, -0.1) is 0 Å². The average Bonchev–Trinajstić information content (AvgIpc) is 2.90. The first kappa shape index (κ1) is 14.3. The summed E-state index contributed by atoms with van der Waals surface area (Å²) in [4.78, 5) is 5.15. The summed E-state index contributed by atoms with van der Waals surface area (Å²) in [7, 11) is 4.54. The smallest absolute Gasteiger partial charge is 0.0132 e. The van der Waals surface area contributed by atoms with Crippen LogP contribution in [0, 0.1) is 5.92 Å². The van der Waals surface area contributed by atoms with Gasteiger partial charge in [0.05, 0.1) is 0 Å². The van der Waals surface area contributed by atoms with E-state index in [0.29, 0.717) is 0 Å². The molecule has 0 radical (unpaired) electrons. The molecule has 1 saturated heterocycles. The van der Waals surface area contributed by atoms with Gasteiger partial charge in [-0.25, -0.2) is 0 Å². The molecule has 18 heavy (non-hydrogen) atoms. The lowest BCUT2D eigenvalue weighted by molar-refractivity contribution is 0.119. The van der Waals surface area contributed by atoms with E-state index in [9.17, 15) is 0 Å². The number of rotatable bonds is 5. The molecule has 0 spiro atoms. The largest absolute Gasteiger partial charge is 0.314 e. The maximum Gasteiger partial charge on any atom is 0.0132 e. The summed E-state index contributed by atoms with van der Waals surface area (Å²) in [5, 5.41) is 3.45. The molecule has 0 aromatic heterocycles. The molecule has 106 valence electrons. The van der Waals surface area contributed by atoms with Gasteiger partial charge < -0.3 is 10.2 Å². The van der Waals surface area contributed by atoms with E-state index in [1.807, 2.05) is 0 Å². The van der Waals surface area contributed by atoms with Crippen LogP contribution in [0.1, 0.15) is 39.0 Å². The van der Waals surface area contributed by atoms with Crippen LogP contribution in [-0.2, 0) is 0 Å². The van der Waals surface area contributed by atoms with E-state index >= 15 is 0 Å². The molecule has 2 unspecified atom stereocenters. The predicted octanol–water partition coefficient (Wildman–Crippen LogP) is 1.79. The van der Waals surface area contributed by atoms with Crippen LogP contribution in [0.15, 0.2) is 0 Å². The van der Waals surface area contributed by atoms with Crippen molar-refractivity contribution < 1.29 is 0 Å². The lowest BCUT2D eigenvalue weighted by Gasteiger charge is -2.38. The first-order valence-corrected chi connectivity index (χ1v) is 7.79. The predicted molar refractivity (Wildman–Crippen MR) is 78.0 cm³/mol. The maximum absolute atomic E-state index is 3.45. The third-order valence-corrected chi connectivity index (χ3v) is 4.96. The van der Waals surface area contributed by atoms with Gasteiger partial charge in [-0.05, 0) is 46.2 Å². The van der Waals surface area contributed by atoms with Crippen molar-refractivity contribution in [1.82, 2.24) is 15.1 Å². The molecule has 2 atom stereocenters. The van der Waals surface area contributed by atoms with Crippen LogP contribution < -0.4 is 5.32 Å². The van der Waals surface area contributed by atoms with Gasteiger partial charge in [-0.3, -0.25) is 4.90 Å². The normalized spacial score (nSPS) is 26.7. The van der Waals surface area contributed by atoms with E-state index in [1.54, 1.807) is 0 Å². The minimum atomic E-state index is 0.736. The first-order valence-electron chi connectivity index (χ1n) is 7.79. The standard InChI is InChI=1S/C15H31N3/c1-13(18-10-8-16-9-11-18)12-15(17(2)3)14-6-4-5-7-14/h13-16H,4-12H2,1-3H3. The monoisotopic (exact) mass is 253 g/mol. The number of piperazine rings is 1. The maximum atomic E-state index is 3.45. The van der Waals surface area contributed by atoms with Crippen LogP contribution in [0.5, 0.6) is 0 Å². The highest BCUT2D eigenvalue weighted by atomic mass is 15.2. The number of hydrogen-bond donors (Lipinski definition) is 1. The second-order valence-electron chi connectivity index (χ2n) is 6.45. The van der Waals surface area contributed by atoms with E-state index in [-0.39, 0.29) is 0 Å². The van der Waals surface area contributed by atoms with Gasteiger partial charge in [0.2, 0.25) is 0 Å². The Morgan fingerprint density at radius 2 is 1.78 bits per heavy atom. The second-order valence-corrected chi connectivity index (χ2v) is 6.45. The Labute approximate surface area is 113 Å². The third-order valence-electron chi connectivity index (χ3n) is 4.96. The minimum absolute atomic E-state index is 0.736. The quantitative estimate of drug-likeness (QED) is 0.806. The van der Waals surface area contributed by atoms with Crippen LogP contribution in [0.2, 0.25) is 0 Å². The Kier molecular flexibility index (Phi) is 5.46. The molecular weight excluding hydrogens is 222 g/mol. The molecule has 3 heteroatoms. The van der Waals surface area contributed by atoms with E-state index in [1.165, 1.54) is 58.3 Å². The van der Waals surface area contributed by atoms with Crippen molar-refractivity contribution in [3.63, 3.8) is 0 Å². The van der Waals surface area contributed by atoms with Gasteiger partial charge in [0.1, 0.15) is 0 Å². The van der Waals surface area contributed by atoms with Crippen LogP contribution in [-0.4, -0.2) is 62.2 Å². The van der Waals surface area contributed by atoms with Crippen molar-refractivity contribution in [2.75, 3.05) is 40.3 Å². The van der Waals surface area contributed by atoms with Gasteiger partial charge in [0.15, 0.2) is 0 Å². The highest BCUT2D eigenvalue weighted by molar-refractivity contribution is 4.85. The zero-order valence-corrected chi connectivity index (χ0v) is 12.5. The molecule has 0 aromatic carbocycles. The summed E-state index contributed by atoms with van der Waals surface area (Å²) in [6.45, 7) is 7.22. The lowest BCUT2D eigenvalue weighted by Crippen LogP contribution is -2.49.